The second-order valence-electron chi connectivity index (χ2n) is 5.26. The van der Waals surface area contributed by atoms with E-state index in [0.717, 1.165) is 11.4 Å². The van der Waals surface area contributed by atoms with Gasteiger partial charge in [0.05, 0.1) is 37.8 Å². The fraction of sp³-hybridized carbons (Fsp3) is 0.500. The molecule has 1 saturated heterocycles. The van der Waals surface area contributed by atoms with Crippen LogP contribution < -0.4 is 5.32 Å². The van der Waals surface area contributed by atoms with Crippen molar-refractivity contribution >= 4 is 5.91 Å². The number of morpholine rings is 1. The van der Waals surface area contributed by atoms with Gasteiger partial charge in [0.25, 0.3) is 0 Å². The average molecular weight is 304 g/mol. The number of carbonyl (C=O) groups excluding carboxylic acids is 1. The molecule has 8 heteroatoms. The average Bonchev–Trinajstić information content (AvgIpc) is 3.26. The van der Waals surface area contributed by atoms with E-state index in [1.54, 1.807) is 32.1 Å². The van der Waals surface area contributed by atoms with Gasteiger partial charge in [-0.15, -0.1) is 0 Å². The van der Waals surface area contributed by atoms with Crippen LogP contribution in [-0.4, -0.2) is 64.1 Å². The number of aromatic amines is 2. The lowest BCUT2D eigenvalue weighted by Gasteiger charge is -2.43. The molecular formula is C14H20N6O2. The van der Waals surface area contributed by atoms with Crippen LogP contribution in [0.25, 0.3) is 0 Å². The smallest absolute Gasteiger partial charge is 0.246 e. The molecule has 1 fully saturated rings. The summed E-state index contributed by atoms with van der Waals surface area (Å²) < 4.78 is 5.44. The lowest BCUT2D eigenvalue weighted by Crippen LogP contribution is -2.60. The summed E-state index contributed by atoms with van der Waals surface area (Å²) in [5.41, 5.74) is 0.801. The minimum absolute atomic E-state index is 0.0757. The van der Waals surface area contributed by atoms with E-state index in [2.05, 4.69) is 30.2 Å². The Hall–Kier alpha value is -2.19. The summed E-state index contributed by atoms with van der Waals surface area (Å²) in [7, 11) is 1.65. The Morgan fingerprint density at radius 1 is 1.32 bits per heavy atom. The molecule has 1 aliphatic heterocycles. The minimum Gasteiger partial charge on any atom is -0.379 e. The Bertz CT molecular complexity index is 591. The normalized spacial score (nSPS) is 18.8. The quantitative estimate of drug-likeness (QED) is 0.701. The monoisotopic (exact) mass is 304 g/mol. The summed E-state index contributed by atoms with van der Waals surface area (Å²) in [6.07, 6.45) is 7.15. The van der Waals surface area contributed by atoms with Crippen molar-refractivity contribution in [2.75, 3.05) is 33.4 Å². The Morgan fingerprint density at radius 3 is 2.64 bits per heavy atom. The second kappa shape index (κ2) is 6.29. The summed E-state index contributed by atoms with van der Waals surface area (Å²) in [4.78, 5) is 29.4. The number of carbonyl (C=O) groups is 1. The molecule has 3 N–H and O–H groups in total. The highest BCUT2D eigenvalue weighted by Crippen LogP contribution is 2.32. The van der Waals surface area contributed by atoms with Crippen molar-refractivity contribution < 1.29 is 9.53 Å². The van der Waals surface area contributed by atoms with Crippen molar-refractivity contribution in [3.05, 3.63) is 36.4 Å². The molecule has 3 rings (SSSR count). The Morgan fingerprint density at radius 2 is 2.05 bits per heavy atom. The third-order valence-corrected chi connectivity index (χ3v) is 4.10. The van der Waals surface area contributed by atoms with E-state index in [4.69, 9.17) is 4.74 Å². The van der Waals surface area contributed by atoms with Crippen molar-refractivity contribution in [1.29, 1.82) is 0 Å². The van der Waals surface area contributed by atoms with Crippen LogP contribution >= 0.6 is 0 Å². The molecule has 1 unspecified atom stereocenters. The van der Waals surface area contributed by atoms with Crippen LogP contribution in [0.3, 0.4) is 0 Å². The maximum Gasteiger partial charge on any atom is 0.246 e. The van der Waals surface area contributed by atoms with Gasteiger partial charge in [-0.3, -0.25) is 9.69 Å². The van der Waals surface area contributed by atoms with Gasteiger partial charge < -0.3 is 20.0 Å². The van der Waals surface area contributed by atoms with Gasteiger partial charge in [0.15, 0.2) is 0 Å². The van der Waals surface area contributed by atoms with Crippen molar-refractivity contribution in [2.24, 2.45) is 0 Å². The highest BCUT2D eigenvalue weighted by Gasteiger charge is 2.47. The van der Waals surface area contributed by atoms with Crippen LogP contribution in [0.2, 0.25) is 0 Å². The number of rotatable bonds is 5. The first-order valence-corrected chi connectivity index (χ1v) is 7.28. The first-order valence-electron chi connectivity index (χ1n) is 7.28. The van der Waals surface area contributed by atoms with Crippen molar-refractivity contribution in [3.63, 3.8) is 0 Å². The maximum atomic E-state index is 12.9. The molecule has 0 aromatic carbocycles. The number of ether oxygens (including phenoxy) is 1. The summed E-state index contributed by atoms with van der Waals surface area (Å²) in [5, 5.41) is 2.80. The molecular weight excluding hydrogens is 284 g/mol. The largest absolute Gasteiger partial charge is 0.379 e. The number of likely N-dealkylation sites (N-methyl/N-ethyl adjacent to an activating group) is 1. The molecule has 0 saturated carbocycles. The predicted molar refractivity (Wildman–Crippen MR) is 79.0 cm³/mol. The number of nitrogens with one attached hydrogen (secondary N) is 3. The number of nitrogens with zero attached hydrogens (tertiary/aromatic N) is 3. The van der Waals surface area contributed by atoms with E-state index >= 15 is 0 Å². The topological polar surface area (TPSA) is 98.9 Å². The molecule has 2 aromatic rings. The number of amides is 1. The van der Waals surface area contributed by atoms with Gasteiger partial charge >= 0.3 is 0 Å². The zero-order valence-electron chi connectivity index (χ0n) is 12.5. The van der Waals surface area contributed by atoms with Crippen LogP contribution in [0.5, 0.6) is 0 Å². The molecule has 0 radical (unpaired) electrons. The minimum atomic E-state index is -0.860. The molecule has 1 atom stereocenters. The van der Waals surface area contributed by atoms with Gasteiger partial charge in [-0.25, -0.2) is 9.97 Å². The number of hydrogen-bond acceptors (Lipinski definition) is 5. The van der Waals surface area contributed by atoms with E-state index in [9.17, 15) is 4.79 Å². The molecule has 0 spiro atoms. The summed E-state index contributed by atoms with van der Waals surface area (Å²) in [6, 6.07) is 0. The lowest BCUT2D eigenvalue weighted by atomic mass is 9.86. The molecule has 1 amide bonds. The van der Waals surface area contributed by atoms with E-state index in [0.29, 0.717) is 32.7 Å². The Kier molecular flexibility index (Phi) is 4.21. The second-order valence-corrected chi connectivity index (χ2v) is 5.26. The van der Waals surface area contributed by atoms with Crippen LogP contribution in [0.4, 0.5) is 0 Å². The maximum absolute atomic E-state index is 12.9. The third-order valence-electron chi connectivity index (χ3n) is 4.10. The number of aromatic nitrogens is 4. The van der Waals surface area contributed by atoms with Crippen LogP contribution in [0.15, 0.2) is 25.0 Å². The van der Waals surface area contributed by atoms with Crippen LogP contribution in [0.1, 0.15) is 11.4 Å². The van der Waals surface area contributed by atoms with E-state index in [-0.39, 0.29) is 5.91 Å². The Labute approximate surface area is 128 Å². The highest BCUT2D eigenvalue weighted by atomic mass is 16.5. The molecule has 22 heavy (non-hydrogen) atoms. The molecule has 2 aromatic heterocycles. The van der Waals surface area contributed by atoms with E-state index in [1.165, 1.54) is 0 Å². The fourth-order valence-electron chi connectivity index (χ4n) is 3.01. The molecule has 0 bridgehead atoms. The van der Waals surface area contributed by atoms with Gasteiger partial charge in [-0.1, -0.05) is 0 Å². The fourth-order valence-corrected chi connectivity index (χ4v) is 3.01. The van der Waals surface area contributed by atoms with E-state index in [1.807, 2.05) is 0 Å². The van der Waals surface area contributed by atoms with Crippen molar-refractivity contribution in [1.82, 2.24) is 30.2 Å². The summed E-state index contributed by atoms with van der Waals surface area (Å²) in [5.74, 6) is -0.0757. The Balaban J connectivity index is 2.06. The predicted octanol–water partition coefficient (Wildman–Crippen LogP) is -0.351. The van der Waals surface area contributed by atoms with Crippen molar-refractivity contribution in [3.8, 4) is 0 Å². The summed E-state index contributed by atoms with van der Waals surface area (Å²) >= 11 is 0. The third kappa shape index (κ3) is 2.51. The van der Waals surface area contributed by atoms with Gasteiger partial charge in [0.2, 0.25) is 5.91 Å². The van der Waals surface area contributed by atoms with Gasteiger partial charge in [0.1, 0.15) is 5.54 Å². The van der Waals surface area contributed by atoms with Crippen molar-refractivity contribution in [2.45, 2.75) is 12.0 Å². The van der Waals surface area contributed by atoms with Gasteiger partial charge in [-0.05, 0) is 0 Å². The number of imidazole rings is 2. The first kappa shape index (κ1) is 14.7. The van der Waals surface area contributed by atoms with Crippen LogP contribution in [0, 0.1) is 0 Å². The van der Waals surface area contributed by atoms with Crippen LogP contribution in [-0.2, 0) is 21.5 Å². The SMILES string of the molecule is CNC(=O)C(Cc1cnc[nH]1)(c1cnc[nH]1)N1CCOCC1. The summed E-state index contributed by atoms with van der Waals surface area (Å²) in [6.45, 7) is 2.58. The molecule has 3 heterocycles. The molecule has 1 aliphatic rings. The lowest BCUT2D eigenvalue weighted by molar-refractivity contribution is -0.138. The molecule has 0 aliphatic carbocycles. The molecule has 118 valence electrons. The van der Waals surface area contributed by atoms with Gasteiger partial charge in [0, 0.05) is 38.4 Å². The molecule has 8 nitrogen and oxygen atoms in total. The first-order chi connectivity index (χ1) is 10.8. The highest BCUT2D eigenvalue weighted by molar-refractivity contribution is 5.87. The zero-order valence-corrected chi connectivity index (χ0v) is 12.5. The zero-order chi connectivity index (χ0) is 15.4. The number of H-pyrrole nitrogens is 2. The van der Waals surface area contributed by atoms with E-state index < -0.39 is 5.54 Å². The number of hydrogen-bond donors (Lipinski definition) is 3. The standard InChI is InChI=1S/C14H20N6O2/c1-15-13(21)14(12-8-17-10-19-12,6-11-7-16-9-18-11)20-2-4-22-5-3-20/h7-10H,2-6H2,1H3,(H,15,21)(H,16,18)(H,17,19). The van der Waals surface area contributed by atoms with Gasteiger partial charge in [-0.2, -0.15) is 0 Å².